The number of nitrogens with two attached hydrogens (primary N) is 1. The molecule has 112 valence electrons. The molecule has 1 aliphatic rings. The number of halogens is 1. The number of rotatable bonds is 5. The maximum Gasteiger partial charge on any atom is 0.123 e. The van der Waals surface area contributed by atoms with Crippen LogP contribution >= 0.6 is 0 Å². The Balaban J connectivity index is 2.10. The molecule has 20 heavy (non-hydrogen) atoms. The third-order valence-corrected chi connectivity index (χ3v) is 4.48. The van der Waals surface area contributed by atoms with Gasteiger partial charge in [0, 0.05) is 25.2 Å². The minimum Gasteiger partial charge on any atom is -0.378 e. The summed E-state index contributed by atoms with van der Waals surface area (Å²) >= 11 is 0. The van der Waals surface area contributed by atoms with E-state index in [-0.39, 0.29) is 17.5 Å². The Labute approximate surface area is 120 Å². The second-order valence-corrected chi connectivity index (χ2v) is 5.77. The molecule has 0 aliphatic carbocycles. The van der Waals surface area contributed by atoms with Crippen molar-refractivity contribution in [2.75, 3.05) is 20.2 Å². The van der Waals surface area contributed by atoms with Crippen LogP contribution in [0.25, 0.3) is 0 Å². The van der Waals surface area contributed by atoms with E-state index < -0.39 is 0 Å². The second kappa shape index (κ2) is 6.66. The highest BCUT2D eigenvalue weighted by atomic mass is 19.1. The molecule has 0 amide bonds. The van der Waals surface area contributed by atoms with Crippen molar-refractivity contribution in [3.8, 4) is 0 Å². The van der Waals surface area contributed by atoms with E-state index in [1.165, 1.54) is 6.07 Å². The summed E-state index contributed by atoms with van der Waals surface area (Å²) < 4.78 is 19.1. The number of benzene rings is 1. The van der Waals surface area contributed by atoms with Gasteiger partial charge >= 0.3 is 0 Å². The number of hydrogen-bond donors (Lipinski definition) is 1. The van der Waals surface area contributed by atoms with E-state index in [9.17, 15) is 4.39 Å². The van der Waals surface area contributed by atoms with Gasteiger partial charge in [0.25, 0.3) is 0 Å². The molecule has 0 bridgehead atoms. The summed E-state index contributed by atoms with van der Waals surface area (Å²) in [6, 6.07) is 6.79. The molecule has 0 aromatic heterocycles. The van der Waals surface area contributed by atoms with Crippen LogP contribution in [0.4, 0.5) is 4.39 Å². The van der Waals surface area contributed by atoms with Crippen LogP contribution in [0.5, 0.6) is 0 Å². The lowest BCUT2D eigenvalue weighted by molar-refractivity contribution is -0.0672. The Kier molecular flexibility index (Phi) is 5.13. The minimum absolute atomic E-state index is 0.0365. The zero-order chi connectivity index (χ0) is 14.6. The van der Waals surface area contributed by atoms with Gasteiger partial charge in [-0.05, 0) is 44.0 Å². The van der Waals surface area contributed by atoms with Crippen molar-refractivity contribution in [2.45, 2.75) is 44.4 Å². The van der Waals surface area contributed by atoms with Crippen LogP contribution in [0.15, 0.2) is 24.3 Å². The van der Waals surface area contributed by atoms with Gasteiger partial charge in [-0.1, -0.05) is 19.1 Å². The van der Waals surface area contributed by atoms with Crippen molar-refractivity contribution >= 4 is 0 Å². The highest BCUT2D eigenvalue weighted by Crippen LogP contribution is 2.31. The maximum absolute atomic E-state index is 13.3. The molecule has 1 fully saturated rings. The quantitative estimate of drug-likeness (QED) is 0.901. The first-order chi connectivity index (χ1) is 9.59. The standard InChI is InChI=1S/C16H25FN2O/c1-3-15-10-16(12-18,7-8-20-15)19(2)11-13-5-4-6-14(17)9-13/h4-6,9,15H,3,7-8,10-12,18H2,1-2H3. The van der Waals surface area contributed by atoms with Gasteiger partial charge in [-0.15, -0.1) is 0 Å². The molecule has 2 rings (SSSR count). The Morgan fingerprint density at radius 1 is 1.50 bits per heavy atom. The van der Waals surface area contributed by atoms with E-state index in [4.69, 9.17) is 10.5 Å². The Bertz CT molecular complexity index is 440. The average Bonchev–Trinajstić information content (AvgIpc) is 2.47. The summed E-state index contributed by atoms with van der Waals surface area (Å²) in [5.74, 6) is -0.184. The summed E-state index contributed by atoms with van der Waals surface area (Å²) in [7, 11) is 2.08. The first-order valence-electron chi connectivity index (χ1n) is 7.37. The fourth-order valence-corrected chi connectivity index (χ4v) is 3.03. The summed E-state index contributed by atoms with van der Waals surface area (Å²) in [6.07, 6.45) is 3.18. The van der Waals surface area contributed by atoms with E-state index >= 15 is 0 Å². The fraction of sp³-hybridized carbons (Fsp3) is 0.625. The molecular weight excluding hydrogens is 255 g/mol. The predicted octanol–water partition coefficient (Wildman–Crippen LogP) is 2.54. The smallest absolute Gasteiger partial charge is 0.123 e. The third-order valence-electron chi connectivity index (χ3n) is 4.48. The molecule has 4 heteroatoms. The van der Waals surface area contributed by atoms with E-state index in [1.54, 1.807) is 12.1 Å². The SMILES string of the molecule is CCC1CC(CN)(N(C)Cc2cccc(F)c2)CCO1. The monoisotopic (exact) mass is 280 g/mol. The average molecular weight is 280 g/mol. The van der Waals surface area contributed by atoms with Crippen molar-refractivity contribution in [1.29, 1.82) is 0 Å². The third kappa shape index (κ3) is 3.37. The first kappa shape index (κ1) is 15.4. The van der Waals surface area contributed by atoms with Crippen LogP contribution in [-0.2, 0) is 11.3 Å². The molecule has 1 saturated heterocycles. The lowest BCUT2D eigenvalue weighted by atomic mass is 9.84. The first-order valence-corrected chi connectivity index (χ1v) is 7.37. The molecule has 1 aromatic carbocycles. The van der Waals surface area contributed by atoms with Gasteiger partial charge in [0.2, 0.25) is 0 Å². The summed E-state index contributed by atoms with van der Waals surface area (Å²) in [5, 5.41) is 0. The zero-order valence-corrected chi connectivity index (χ0v) is 12.4. The Hall–Kier alpha value is -0.970. The predicted molar refractivity (Wildman–Crippen MR) is 78.9 cm³/mol. The molecule has 1 heterocycles. The largest absolute Gasteiger partial charge is 0.378 e. The van der Waals surface area contributed by atoms with Gasteiger partial charge in [0.05, 0.1) is 6.10 Å². The minimum atomic E-state index is -0.184. The number of ether oxygens (including phenoxy) is 1. The maximum atomic E-state index is 13.3. The van der Waals surface area contributed by atoms with Gasteiger partial charge in [-0.2, -0.15) is 0 Å². The van der Waals surface area contributed by atoms with Crippen molar-refractivity contribution in [2.24, 2.45) is 5.73 Å². The molecule has 2 unspecified atom stereocenters. The van der Waals surface area contributed by atoms with Crippen LogP contribution < -0.4 is 5.73 Å². The van der Waals surface area contributed by atoms with Crippen molar-refractivity contribution < 1.29 is 9.13 Å². The number of likely N-dealkylation sites (N-methyl/N-ethyl adjacent to an activating group) is 1. The highest BCUT2D eigenvalue weighted by molar-refractivity contribution is 5.16. The van der Waals surface area contributed by atoms with E-state index in [1.807, 2.05) is 6.07 Å². The summed E-state index contributed by atoms with van der Waals surface area (Å²) in [5.41, 5.74) is 7.02. The van der Waals surface area contributed by atoms with Crippen molar-refractivity contribution in [3.63, 3.8) is 0 Å². The fourth-order valence-electron chi connectivity index (χ4n) is 3.03. The van der Waals surface area contributed by atoms with Gasteiger partial charge in [-0.25, -0.2) is 4.39 Å². The molecule has 0 radical (unpaired) electrons. The number of hydrogen-bond acceptors (Lipinski definition) is 3. The lowest BCUT2D eigenvalue weighted by Gasteiger charge is -2.46. The topological polar surface area (TPSA) is 38.5 Å². The molecule has 1 aromatic rings. The lowest BCUT2D eigenvalue weighted by Crippen LogP contribution is -2.56. The van der Waals surface area contributed by atoms with E-state index in [2.05, 4.69) is 18.9 Å². The van der Waals surface area contributed by atoms with Crippen molar-refractivity contribution in [1.82, 2.24) is 4.90 Å². The highest BCUT2D eigenvalue weighted by Gasteiger charge is 2.38. The molecule has 2 atom stereocenters. The Morgan fingerprint density at radius 2 is 2.30 bits per heavy atom. The van der Waals surface area contributed by atoms with Gasteiger partial charge in [-0.3, -0.25) is 4.90 Å². The molecule has 3 nitrogen and oxygen atoms in total. The Morgan fingerprint density at radius 3 is 2.95 bits per heavy atom. The normalized spacial score (nSPS) is 26.9. The van der Waals surface area contributed by atoms with Crippen LogP contribution in [0, 0.1) is 5.82 Å². The van der Waals surface area contributed by atoms with Crippen LogP contribution in [-0.4, -0.2) is 36.7 Å². The van der Waals surface area contributed by atoms with E-state index in [0.717, 1.165) is 31.4 Å². The van der Waals surface area contributed by atoms with Gasteiger partial charge in [0.1, 0.15) is 5.82 Å². The van der Waals surface area contributed by atoms with Crippen LogP contribution in [0.2, 0.25) is 0 Å². The molecule has 0 saturated carbocycles. The van der Waals surface area contributed by atoms with Crippen LogP contribution in [0.3, 0.4) is 0 Å². The summed E-state index contributed by atoms with van der Waals surface area (Å²) in [4.78, 5) is 2.27. The molecule has 2 N–H and O–H groups in total. The van der Waals surface area contributed by atoms with Crippen LogP contribution in [0.1, 0.15) is 31.7 Å². The van der Waals surface area contributed by atoms with Crippen molar-refractivity contribution in [3.05, 3.63) is 35.6 Å². The summed E-state index contributed by atoms with van der Waals surface area (Å²) in [6.45, 7) is 4.22. The van der Waals surface area contributed by atoms with E-state index in [0.29, 0.717) is 13.1 Å². The molecule has 1 aliphatic heterocycles. The second-order valence-electron chi connectivity index (χ2n) is 5.77. The van der Waals surface area contributed by atoms with Gasteiger partial charge < -0.3 is 10.5 Å². The zero-order valence-electron chi connectivity index (χ0n) is 12.4. The molecular formula is C16H25FN2O. The van der Waals surface area contributed by atoms with Gasteiger partial charge in [0.15, 0.2) is 0 Å². The molecule has 0 spiro atoms. The number of nitrogens with zero attached hydrogens (tertiary/aromatic N) is 1.